The average Bonchev–Trinajstić information content (AvgIpc) is 3.45. The lowest BCUT2D eigenvalue weighted by Gasteiger charge is -2.35. The van der Waals surface area contributed by atoms with Crippen molar-refractivity contribution >= 4 is 35.1 Å². The number of likely N-dealkylation sites (tertiary alicyclic amines) is 2. The Hall–Kier alpha value is -3.19. The Balaban J connectivity index is 0.000000587. The van der Waals surface area contributed by atoms with Gasteiger partial charge in [0, 0.05) is 43.2 Å². The summed E-state index contributed by atoms with van der Waals surface area (Å²) in [5.74, 6) is -1.96. The van der Waals surface area contributed by atoms with Gasteiger partial charge in [0.15, 0.2) is 0 Å². The van der Waals surface area contributed by atoms with Gasteiger partial charge in [-0.2, -0.15) is 28.2 Å². The summed E-state index contributed by atoms with van der Waals surface area (Å²) in [6.45, 7) is 7.57. The number of halogens is 4. The molecule has 1 N–H and O–H groups in total. The molecule has 0 saturated carbocycles. The number of benzene rings is 1. The van der Waals surface area contributed by atoms with Crippen molar-refractivity contribution < 1.29 is 32.7 Å². The zero-order chi connectivity index (χ0) is 30.0. The van der Waals surface area contributed by atoms with Crippen LogP contribution < -0.4 is 4.90 Å². The number of carbonyl (C=O) groups is 3. The van der Waals surface area contributed by atoms with Crippen LogP contribution in [0.2, 0.25) is 5.02 Å². The molecule has 0 aliphatic carbocycles. The van der Waals surface area contributed by atoms with Gasteiger partial charge in [0.1, 0.15) is 0 Å². The van der Waals surface area contributed by atoms with E-state index in [0.717, 1.165) is 51.1 Å². The number of anilines is 1. The zero-order valence-corrected chi connectivity index (χ0v) is 23.7. The molecule has 10 nitrogen and oxygen atoms in total. The van der Waals surface area contributed by atoms with E-state index in [4.69, 9.17) is 21.5 Å². The normalized spacial score (nSPS) is 17.0. The fraction of sp³-hybridized carbons (Fsp3) is 0.593. The lowest BCUT2D eigenvalue weighted by atomic mass is 9.94. The first kappa shape index (κ1) is 32.3. The molecule has 2 saturated heterocycles. The molecule has 1 aromatic heterocycles. The number of rotatable bonds is 8. The second-order valence-electron chi connectivity index (χ2n) is 10.3. The summed E-state index contributed by atoms with van der Waals surface area (Å²) >= 11 is 6.25. The largest absolute Gasteiger partial charge is 0.490 e. The Kier molecular flexibility index (Phi) is 11.9. The van der Waals surface area contributed by atoms with Gasteiger partial charge in [-0.05, 0) is 75.9 Å². The van der Waals surface area contributed by atoms with E-state index in [2.05, 4.69) is 15.1 Å². The molecule has 2 aromatic rings. The van der Waals surface area contributed by atoms with E-state index in [9.17, 15) is 22.8 Å². The molecule has 0 atom stereocenters. The van der Waals surface area contributed by atoms with Gasteiger partial charge in [-0.1, -0.05) is 17.7 Å². The van der Waals surface area contributed by atoms with Gasteiger partial charge in [0.2, 0.25) is 11.8 Å². The van der Waals surface area contributed by atoms with Gasteiger partial charge < -0.3 is 19.8 Å². The SMILES string of the molecule is CC(=O)N1CCC(C(=O)N(CCCN2CCC(Cn3nccn3)CC2)c2cccc(Cl)c2)CC1.O=C(O)C(F)(F)F. The summed E-state index contributed by atoms with van der Waals surface area (Å²) in [6.07, 6.45) is 3.02. The first-order chi connectivity index (χ1) is 19.4. The fourth-order valence-electron chi connectivity index (χ4n) is 5.09. The second-order valence-corrected chi connectivity index (χ2v) is 10.7. The van der Waals surface area contributed by atoms with Gasteiger partial charge in [-0.3, -0.25) is 9.59 Å². The number of carboxylic acids is 1. The molecule has 14 heteroatoms. The predicted octanol–water partition coefficient (Wildman–Crippen LogP) is 3.96. The standard InChI is InChI=1S/C25H35ClN6O2.C2HF3O2/c1-20(33)30-16-8-22(9-17-30)25(34)31(24-5-2-4-23(26)18-24)13-3-12-29-14-6-21(7-15-29)19-32-27-10-11-28-32;3-2(4,5)1(6)7/h2,4-5,10-11,18,21-22H,3,6-9,12-17,19H2,1H3;(H,6,7). The van der Waals surface area contributed by atoms with Crippen molar-refractivity contribution in [3.8, 4) is 0 Å². The van der Waals surface area contributed by atoms with Gasteiger partial charge in [-0.15, -0.1) is 0 Å². The van der Waals surface area contributed by atoms with Gasteiger partial charge in [0.25, 0.3) is 0 Å². The van der Waals surface area contributed by atoms with E-state index >= 15 is 0 Å². The Labute approximate surface area is 242 Å². The van der Waals surface area contributed by atoms with Crippen LogP contribution in [-0.2, 0) is 20.9 Å². The number of carboxylic acid groups (broad SMARTS) is 1. The minimum Gasteiger partial charge on any atom is -0.475 e. The summed E-state index contributed by atoms with van der Waals surface area (Å²) in [4.78, 5) is 42.1. The van der Waals surface area contributed by atoms with Gasteiger partial charge in [0.05, 0.1) is 18.9 Å². The van der Waals surface area contributed by atoms with Crippen molar-refractivity contribution in [3.05, 3.63) is 41.7 Å². The maximum absolute atomic E-state index is 13.5. The molecule has 3 heterocycles. The van der Waals surface area contributed by atoms with Crippen molar-refractivity contribution in [2.75, 3.05) is 44.2 Å². The first-order valence-corrected chi connectivity index (χ1v) is 14.0. The van der Waals surface area contributed by atoms with Crippen molar-refractivity contribution in [2.24, 2.45) is 11.8 Å². The van der Waals surface area contributed by atoms with Crippen LogP contribution in [0.5, 0.6) is 0 Å². The van der Waals surface area contributed by atoms with Crippen LogP contribution in [0.4, 0.5) is 18.9 Å². The van der Waals surface area contributed by atoms with Crippen LogP contribution in [0, 0.1) is 11.8 Å². The number of piperidine rings is 2. The molecular weight excluding hydrogens is 565 g/mol. The highest BCUT2D eigenvalue weighted by molar-refractivity contribution is 6.30. The Morgan fingerprint density at radius 1 is 1.05 bits per heavy atom. The molecule has 0 unspecified atom stereocenters. The molecule has 0 spiro atoms. The molecule has 2 aliphatic heterocycles. The third kappa shape index (κ3) is 10.3. The highest BCUT2D eigenvalue weighted by atomic mass is 35.5. The fourth-order valence-corrected chi connectivity index (χ4v) is 5.27. The maximum Gasteiger partial charge on any atom is 0.490 e. The molecule has 0 radical (unpaired) electrons. The molecule has 2 aliphatic rings. The quantitative estimate of drug-likeness (QED) is 0.488. The molecule has 2 amide bonds. The number of aromatic nitrogens is 3. The smallest absolute Gasteiger partial charge is 0.475 e. The van der Waals surface area contributed by atoms with E-state index in [0.29, 0.717) is 43.4 Å². The molecular formula is C27H36ClF3N6O4. The van der Waals surface area contributed by atoms with Gasteiger partial charge in [-0.25, -0.2) is 4.79 Å². The van der Waals surface area contributed by atoms with Crippen LogP contribution in [0.3, 0.4) is 0 Å². The summed E-state index contributed by atoms with van der Waals surface area (Å²) in [7, 11) is 0. The number of nitrogens with zero attached hydrogens (tertiary/aromatic N) is 6. The number of amides is 2. The van der Waals surface area contributed by atoms with Crippen molar-refractivity contribution in [3.63, 3.8) is 0 Å². The summed E-state index contributed by atoms with van der Waals surface area (Å²) < 4.78 is 31.7. The van der Waals surface area contributed by atoms with Crippen LogP contribution in [0.25, 0.3) is 0 Å². The molecule has 0 bridgehead atoms. The van der Waals surface area contributed by atoms with E-state index in [1.807, 2.05) is 34.1 Å². The summed E-state index contributed by atoms with van der Waals surface area (Å²) in [5, 5.41) is 16.2. The highest BCUT2D eigenvalue weighted by Gasteiger charge is 2.38. The number of aliphatic carboxylic acids is 1. The zero-order valence-electron chi connectivity index (χ0n) is 23.0. The van der Waals surface area contributed by atoms with Crippen LogP contribution >= 0.6 is 11.6 Å². The third-order valence-electron chi connectivity index (χ3n) is 7.37. The van der Waals surface area contributed by atoms with Crippen LogP contribution in [0.1, 0.15) is 39.0 Å². The minimum absolute atomic E-state index is 0.0544. The van der Waals surface area contributed by atoms with Crippen molar-refractivity contribution in [1.82, 2.24) is 24.8 Å². The van der Waals surface area contributed by atoms with E-state index in [-0.39, 0.29) is 17.7 Å². The topological polar surface area (TPSA) is 112 Å². The Morgan fingerprint density at radius 3 is 2.20 bits per heavy atom. The number of hydrogen-bond donors (Lipinski definition) is 1. The second kappa shape index (κ2) is 15.2. The van der Waals surface area contributed by atoms with E-state index in [1.54, 1.807) is 24.1 Å². The maximum atomic E-state index is 13.5. The lowest BCUT2D eigenvalue weighted by molar-refractivity contribution is -0.192. The van der Waals surface area contributed by atoms with Crippen molar-refractivity contribution in [2.45, 2.75) is 51.7 Å². The number of alkyl halides is 3. The Morgan fingerprint density at radius 2 is 1.66 bits per heavy atom. The van der Waals surface area contributed by atoms with Crippen LogP contribution in [-0.4, -0.2) is 93.1 Å². The summed E-state index contributed by atoms with van der Waals surface area (Å²) in [6, 6.07) is 7.57. The first-order valence-electron chi connectivity index (χ1n) is 13.6. The molecule has 4 rings (SSSR count). The van der Waals surface area contributed by atoms with E-state index < -0.39 is 12.1 Å². The van der Waals surface area contributed by atoms with E-state index in [1.165, 1.54) is 0 Å². The highest BCUT2D eigenvalue weighted by Crippen LogP contribution is 2.26. The lowest BCUT2D eigenvalue weighted by Crippen LogP contribution is -2.45. The molecule has 226 valence electrons. The Bertz CT molecular complexity index is 1130. The molecule has 1 aromatic carbocycles. The minimum atomic E-state index is -5.08. The number of carbonyl (C=O) groups excluding carboxylic acids is 2. The summed E-state index contributed by atoms with van der Waals surface area (Å²) in [5.41, 5.74) is 0.858. The van der Waals surface area contributed by atoms with Crippen molar-refractivity contribution in [1.29, 1.82) is 0 Å². The molecule has 41 heavy (non-hydrogen) atoms. The number of hydrogen-bond acceptors (Lipinski definition) is 6. The monoisotopic (exact) mass is 600 g/mol. The van der Waals surface area contributed by atoms with Crippen LogP contribution in [0.15, 0.2) is 36.7 Å². The van der Waals surface area contributed by atoms with Gasteiger partial charge >= 0.3 is 12.1 Å². The predicted molar refractivity (Wildman–Crippen MR) is 146 cm³/mol. The average molecular weight is 601 g/mol. The third-order valence-corrected chi connectivity index (χ3v) is 7.60. The molecule has 2 fully saturated rings.